The Bertz CT molecular complexity index is 371. The number of alkyl halides is 1. The molecule has 0 aromatic heterocycles. The maximum atomic E-state index is 13.7. The summed E-state index contributed by atoms with van der Waals surface area (Å²) in [6.45, 7) is 2.03. The van der Waals surface area contributed by atoms with Gasteiger partial charge in [-0.3, -0.25) is 0 Å². The molecule has 0 atom stereocenters. The Morgan fingerprint density at radius 1 is 1.29 bits per heavy atom. The molecule has 74 valence electrons. The van der Waals surface area contributed by atoms with E-state index >= 15 is 0 Å². The van der Waals surface area contributed by atoms with Crippen LogP contribution in [0.4, 0.5) is 4.39 Å². The van der Waals surface area contributed by atoms with Gasteiger partial charge >= 0.3 is 0 Å². The number of halogens is 2. The van der Waals surface area contributed by atoms with Crippen LogP contribution in [0.25, 0.3) is 0 Å². The minimum absolute atomic E-state index is 0.00292. The van der Waals surface area contributed by atoms with Crippen LogP contribution in [0.2, 0.25) is 0 Å². The maximum absolute atomic E-state index is 13.7. The largest absolute Gasteiger partial charge is 0.207 e. The van der Waals surface area contributed by atoms with Crippen molar-refractivity contribution in [1.29, 1.82) is 0 Å². The van der Waals surface area contributed by atoms with Gasteiger partial charge in [0.1, 0.15) is 5.82 Å². The van der Waals surface area contributed by atoms with Gasteiger partial charge in [0.2, 0.25) is 0 Å². The first-order valence-corrected chi connectivity index (χ1v) is 6.07. The molecule has 3 fully saturated rings. The molecule has 3 aliphatic carbocycles. The monoisotopic (exact) mass is 302 g/mol. The van der Waals surface area contributed by atoms with Crippen molar-refractivity contribution >= 4 is 22.6 Å². The molecule has 0 unspecified atom stereocenters. The third-order valence-electron chi connectivity index (χ3n) is 3.72. The van der Waals surface area contributed by atoms with Crippen molar-refractivity contribution in [1.82, 2.24) is 0 Å². The number of rotatable bonds is 1. The smallest absolute Gasteiger partial charge is 0.127 e. The topological polar surface area (TPSA) is 0 Å². The molecule has 0 N–H and O–H groups in total. The average molecular weight is 302 g/mol. The summed E-state index contributed by atoms with van der Waals surface area (Å²) in [6, 6.07) is 5.43. The lowest BCUT2D eigenvalue weighted by Gasteiger charge is -2.68. The van der Waals surface area contributed by atoms with Crippen LogP contribution >= 0.6 is 22.6 Å². The molecule has 0 radical (unpaired) electrons. The Hall–Kier alpha value is -0.120. The van der Waals surface area contributed by atoms with E-state index in [-0.39, 0.29) is 11.2 Å². The van der Waals surface area contributed by atoms with Gasteiger partial charge in [0.25, 0.3) is 0 Å². The lowest BCUT2D eigenvalue weighted by Crippen LogP contribution is -2.66. The molecular weight excluding hydrogens is 290 g/mol. The Kier molecular flexibility index (Phi) is 1.64. The highest BCUT2D eigenvalue weighted by molar-refractivity contribution is 14.1. The van der Waals surface area contributed by atoms with Gasteiger partial charge in [0.05, 0.1) is 0 Å². The highest BCUT2D eigenvalue weighted by Crippen LogP contribution is 2.72. The Labute approximate surface area is 97.0 Å². The second-order valence-electron chi connectivity index (χ2n) is 4.89. The van der Waals surface area contributed by atoms with E-state index in [4.69, 9.17) is 0 Å². The summed E-state index contributed by atoms with van der Waals surface area (Å²) in [5, 5.41) is 0. The third kappa shape index (κ3) is 0.980. The molecule has 3 aliphatic rings. The summed E-state index contributed by atoms with van der Waals surface area (Å²) >= 11 is 2.53. The van der Waals surface area contributed by atoms with Gasteiger partial charge in [-0.25, -0.2) is 4.39 Å². The summed E-state index contributed by atoms with van der Waals surface area (Å²) in [5.41, 5.74) is 2.35. The van der Waals surface area contributed by atoms with Gasteiger partial charge in [0, 0.05) is 8.84 Å². The number of benzene rings is 1. The zero-order valence-corrected chi connectivity index (χ0v) is 10.3. The van der Waals surface area contributed by atoms with Crippen molar-refractivity contribution in [2.45, 2.75) is 35.0 Å². The van der Waals surface area contributed by atoms with Gasteiger partial charge in [-0.05, 0) is 43.4 Å². The number of hydrogen-bond donors (Lipinski definition) is 0. The molecule has 2 heteroatoms. The van der Waals surface area contributed by atoms with E-state index in [2.05, 4.69) is 22.6 Å². The predicted octanol–water partition coefficient (Wildman–Crippen LogP) is 3.74. The summed E-state index contributed by atoms with van der Waals surface area (Å²) in [5.74, 6) is 0.00292. The van der Waals surface area contributed by atoms with Gasteiger partial charge in [0.15, 0.2) is 0 Å². The normalized spacial score (nSPS) is 38.8. The molecule has 0 heterocycles. The summed E-state index contributed by atoms with van der Waals surface area (Å²) in [4.78, 5) is 0. The van der Waals surface area contributed by atoms with E-state index in [1.165, 1.54) is 19.3 Å². The van der Waals surface area contributed by atoms with Crippen LogP contribution in [0.1, 0.15) is 30.4 Å². The second kappa shape index (κ2) is 2.52. The van der Waals surface area contributed by atoms with Crippen molar-refractivity contribution in [2.24, 2.45) is 0 Å². The number of aryl methyl sites for hydroxylation is 1. The van der Waals surface area contributed by atoms with E-state index in [0.29, 0.717) is 3.42 Å². The van der Waals surface area contributed by atoms with Crippen LogP contribution in [0.15, 0.2) is 18.2 Å². The first-order chi connectivity index (χ1) is 6.55. The van der Waals surface area contributed by atoms with E-state index in [1.54, 1.807) is 12.1 Å². The summed E-state index contributed by atoms with van der Waals surface area (Å²) < 4.78 is 14.2. The van der Waals surface area contributed by atoms with Crippen molar-refractivity contribution < 1.29 is 4.39 Å². The summed E-state index contributed by atoms with van der Waals surface area (Å²) in [7, 11) is 0. The maximum Gasteiger partial charge on any atom is 0.127 e. The first kappa shape index (κ1) is 9.13. The molecule has 14 heavy (non-hydrogen) atoms. The minimum Gasteiger partial charge on any atom is -0.207 e. The van der Waals surface area contributed by atoms with E-state index in [1.807, 2.05) is 13.0 Å². The van der Waals surface area contributed by atoms with Crippen LogP contribution < -0.4 is 0 Å². The van der Waals surface area contributed by atoms with Crippen molar-refractivity contribution in [3.8, 4) is 0 Å². The zero-order chi connectivity index (χ0) is 9.97. The van der Waals surface area contributed by atoms with Gasteiger partial charge in [-0.15, -0.1) is 0 Å². The molecule has 0 saturated heterocycles. The molecule has 2 bridgehead atoms. The van der Waals surface area contributed by atoms with Crippen LogP contribution in [0, 0.1) is 12.7 Å². The van der Waals surface area contributed by atoms with E-state index < -0.39 is 0 Å². The SMILES string of the molecule is Cc1cccc(F)c1C12CC(I)(C1)C2. The standard InChI is InChI=1S/C12H12FI/c1-8-3-2-4-9(13)10(8)11-5-12(14,6-11)7-11/h2-4H,5-7H2,1H3. The van der Waals surface area contributed by atoms with Crippen LogP contribution in [-0.4, -0.2) is 3.42 Å². The Morgan fingerprint density at radius 3 is 2.43 bits per heavy atom. The van der Waals surface area contributed by atoms with Crippen LogP contribution in [0.3, 0.4) is 0 Å². The molecular formula is C12H12FI. The predicted molar refractivity (Wildman–Crippen MR) is 63.4 cm³/mol. The highest BCUT2D eigenvalue weighted by atomic mass is 127. The summed E-state index contributed by atoms with van der Waals surface area (Å²) in [6.07, 6.45) is 3.55. The van der Waals surface area contributed by atoms with E-state index in [0.717, 1.165) is 11.1 Å². The second-order valence-corrected chi connectivity index (χ2v) is 7.18. The minimum atomic E-state index is 0.00292. The quantitative estimate of drug-likeness (QED) is 0.547. The van der Waals surface area contributed by atoms with Crippen LogP contribution in [-0.2, 0) is 5.41 Å². The Balaban J connectivity index is 2.06. The molecule has 0 nitrogen and oxygen atoms in total. The lowest BCUT2D eigenvalue weighted by atomic mass is 9.41. The number of hydrogen-bond acceptors (Lipinski definition) is 0. The molecule has 1 aromatic carbocycles. The fourth-order valence-corrected chi connectivity index (χ4v) is 5.42. The molecule has 0 spiro atoms. The average Bonchev–Trinajstić information content (AvgIpc) is 1.98. The fraction of sp³-hybridized carbons (Fsp3) is 0.500. The van der Waals surface area contributed by atoms with Crippen molar-refractivity contribution in [3.05, 3.63) is 35.1 Å². The van der Waals surface area contributed by atoms with Crippen LogP contribution in [0.5, 0.6) is 0 Å². The molecule has 0 aliphatic heterocycles. The van der Waals surface area contributed by atoms with Crippen molar-refractivity contribution in [3.63, 3.8) is 0 Å². The van der Waals surface area contributed by atoms with Gasteiger partial charge in [-0.1, -0.05) is 34.7 Å². The van der Waals surface area contributed by atoms with Crippen molar-refractivity contribution in [2.75, 3.05) is 0 Å². The first-order valence-electron chi connectivity index (χ1n) is 4.99. The molecule has 1 aromatic rings. The van der Waals surface area contributed by atoms with E-state index in [9.17, 15) is 4.39 Å². The molecule has 3 saturated carbocycles. The molecule has 4 rings (SSSR count). The lowest BCUT2D eigenvalue weighted by molar-refractivity contribution is 0.0182. The fourth-order valence-electron chi connectivity index (χ4n) is 3.23. The molecule has 0 amide bonds. The zero-order valence-electron chi connectivity index (χ0n) is 8.11. The third-order valence-corrected chi connectivity index (χ3v) is 4.86. The van der Waals surface area contributed by atoms with Gasteiger partial charge in [-0.2, -0.15) is 0 Å². The van der Waals surface area contributed by atoms with Gasteiger partial charge < -0.3 is 0 Å². The Morgan fingerprint density at radius 2 is 1.93 bits per heavy atom. The highest BCUT2D eigenvalue weighted by Gasteiger charge is 2.68.